The number of carboxylic acid groups (broad SMARTS) is 1. The molecule has 7 nitrogen and oxygen atoms in total. The van der Waals surface area contributed by atoms with Crippen LogP contribution in [0.1, 0.15) is 25.3 Å². The Kier molecular flexibility index (Phi) is 5.25. The predicted molar refractivity (Wildman–Crippen MR) is 67.9 cm³/mol. The molecule has 0 aromatic heterocycles. The molecule has 7 heteroatoms. The van der Waals surface area contributed by atoms with Gasteiger partial charge in [0.2, 0.25) is 0 Å². The fourth-order valence-corrected chi connectivity index (χ4v) is 1.58. The smallest absolute Gasteiger partial charge is 0.344 e. The van der Waals surface area contributed by atoms with Gasteiger partial charge in [0.25, 0.3) is 0 Å². The van der Waals surface area contributed by atoms with Gasteiger partial charge in [0.15, 0.2) is 11.9 Å². The lowest BCUT2D eigenvalue weighted by Crippen LogP contribution is -2.27. The molecule has 104 valence electrons. The number of nitro groups is 1. The van der Waals surface area contributed by atoms with Crippen molar-refractivity contribution in [3.8, 4) is 5.75 Å². The second kappa shape index (κ2) is 6.69. The molecule has 1 atom stereocenters. The highest BCUT2D eigenvalue weighted by Crippen LogP contribution is 2.29. The van der Waals surface area contributed by atoms with Gasteiger partial charge < -0.3 is 15.6 Å². The van der Waals surface area contributed by atoms with Gasteiger partial charge in [-0.05, 0) is 18.1 Å². The predicted octanol–water partition coefficient (Wildman–Crippen LogP) is 1.69. The van der Waals surface area contributed by atoms with Gasteiger partial charge in [0.1, 0.15) is 0 Å². The van der Waals surface area contributed by atoms with Crippen molar-refractivity contribution in [2.45, 2.75) is 32.4 Å². The van der Waals surface area contributed by atoms with Crippen molar-refractivity contribution in [1.82, 2.24) is 0 Å². The Labute approximate surface area is 110 Å². The van der Waals surface area contributed by atoms with Gasteiger partial charge in [0, 0.05) is 12.6 Å². The lowest BCUT2D eigenvalue weighted by Gasteiger charge is -2.14. The first-order valence-electron chi connectivity index (χ1n) is 5.86. The average Bonchev–Trinajstić information content (AvgIpc) is 2.37. The van der Waals surface area contributed by atoms with Crippen LogP contribution in [-0.2, 0) is 11.3 Å². The molecular formula is C12H16N2O5. The highest BCUT2D eigenvalue weighted by Gasteiger charge is 2.23. The van der Waals surface area contributed by atoms with Crippen LogP contribution in [0.2, 0.25) is 0 Å². The number of aliphatic carboxylic acids is 1. The molecule has 1 aromatic carbocycles. The molecular weight excluding hydrogens is 252 g/mol. The summed E-state index contributed by atoms with van der Waals surface area (Å²) in [6.07, 6.45) is -0.225. The minimum Gasteiger partial charge on any atom is -0.479 e. The van der Waals surface area contributed by atoms with Crippen LogP contribution in [-0.4, -0.2) is 22.1 Å². The molecule has 0 saturated heterocycles. The third-order valence-corrected chi connectivity index (χ3v) is 2.55. The lowest BCUT2D eigenvalue weighted by molar-refractivity contribution is -0.386. The Balaban J connectivity index is 3.08. The maximum absolute atomic E-state index is 11.0. The standard InChI is InChI=1S/C12H16N2O5/c1-2-3-10(12(15)16)19-11-6-8(7-13)4-5-9(11)14(17)18/h4-6,10H,2-3,7,13H2,1H3,(H,15,16). The molecule has 3 N–H and O–H groups in total. The van der Waals surface area contributed by atoms with E-state index in [2.05, 4.69) is 0 Å². The van der Waals surface area contributed by atoms with E-state index in [0.29, 0.717) is 12.0 Å². The van der Waals surface area contributed by atoms with E-state index >= 15 is 0 Å². The topological polar surface area (TPSA) is 116 Å². The Morgan fingerprint density at radius 3 is 2.74 bits per heavy atom. The number of hydrogen-bond donors (Lipinski definition) is 2. The number of nitrogens with two attached hydrogens (primary N) is 1. The van der Waals surface area contributed by atoms with E-state index in [-0.39, 0.29) is 24.4 Å². The van der Waals surface area contributed by atoms with Crippen molar-refractivity contribution < 1.29 is 19.6 Å². The number of rotatable bonds is 7. The molecule has 1 rings (SSSR count). The summed E-state index contributed by atoms with van der Waals surface area (Å²) in [6.45, 7) is 2.00. The number of nitrogens with zero attached hydrogens (tertiary/aromatic N) is 1. The molecule has 0 amide bonds. The molecule has 0 saturated carbocycles. The number of carboxylic acids is 1. The maximum atomic E-state index is 11.0. The molecule has 0 heterocycles. The van der Waals surface area contributed by atoms with Gasteiger partial charge in [-0.1, -0.05) is 19.4 Å². The Hall–Kier alpha value is -2.15. The van der Waals surface area contributed by atoms with Crippen LogP contribution in [0.3, 0.4) is 0 Å². The van der Waals surface area contributed by atoms with Crippen molar-refractivity contribution in [3.05, 3.63) is 33.9 Å². The molecule has 0 fully saturated rings. The van der Waals surface area contributed by atoms with E-state index < -0.39 is 17.0 Å². The summed E-state index contributed by atoms with van der Waals surface area (Å²) in [7, 11) is 0. The molecule has 0 aliphatic heterocycles. The Bertz CT molecular complexity index is 475. The van der Waals surface area contributed by atoms with E-state index in [1.54, 1.807) is 0 Å². The minimum atomic E-state index is -1.14. The lowest BCUT2D eigenvalue weighted by atomic mass is 10.1. The maximum Gasteiger partial charge on any atom is 0.344 e. The van der Waals surface area contributed by atoms with E-state index in [9.17, 15) is 14.9 Å². The highest BCUT2D eigenvalue weighted by molar-refractivity contribution is 5.73. The largest absolute Gasteiger partial charge is 0.479 e. The molecule has 0 radical (unpaired) electrons. The molecule has 0 spiro atoms. The number of ether oxygens (including phenoxy) is 1. The summed E-state index contributed by atoms with van der Waals surface area (Å²) in [4.78, 5) is 21.3. The van der Waals surface area contributed by atoms with Crippen LogP contribution in [0.4, 0.5) is 5.69 Å². The Morgan fingerprint density at radius 2 is 2.26 bits per heavy atom. The monoisotopic (exact) mass is 268 g/mol. The van der Waals surface area contributed by atoms with Crippen molar-refractivity contribution >= 4 is 11.7 Å². The van der Waals surface area contributed by atoms with Crippen molar-refractivity contribution in [1.29, 1.82) is 0 Å². The van der Waals surface area contributed by atoms with Gasteiger partial charge >= 0.3 is 11.7 Å². The quantitative estimate of drug-likeness (QED) is 0.574. The van der Waals surface area contributed by atoms with Crippen molar-refractivity contribution in [2.24, 2.45) is 5.73 Å². The molecule has 0 aliphatic rings. The third kappa shape index (κ3) is 3.92. The van der Waals surface area contributed by atoms with Crippen LogP contribution in [0.25, 0.3) is 0 Å². The van der Waals surface area contributed by atoms with Crippen molar-refractivity contribution in [2.75, 3.05) is 0 Å². The normalized spacial score (nSPS) is 11.9. The molecule has 19 heavy (non-hydrogen) atoms. The van der Waals surface area contributed by atoms with Gasteiger partial charge in [-0.3, -0.25) is 10.1 Å². The summed E-state index contributed by atoms with van der Waals surface area (Å²) in [6, 6.07) is 4.19. The zero-order valence-corrected chi connectivity index (χ0v) is 10.5. The summed E-state index contributed by atoms with van der Waals surface area (Å²) >= 11 is 0. The van der Waals surface area contributed by atoms with Gasteiger partial charge in [-0.2, -0.15) is 0 Å². The first kappa shape index (κ1) is 14.9. The summed E-state index contributed by atoms with van der Waals surface area (Å²) in [5.41, 5.74) is 5.83. The second-order valence-electron chi connectivity index (χ2n) is 4.00. The second-order valence-corrected chi connectivity index (χ2v) is 4.00. The first-order chi connectivity index (χ1) is 8.99. The molecule has 0 aliphatic carbocycles. The highest BCUT2D eigenvalue weighted by atomic mass is 16.6. The number of hydrogen-bond acceptors (Lipinski definition) is 5. The number of carbonyl (C=O) groups is 1. The van der Waals surface area contributed by atoms with Crippen LogP contribution in [0, 0.1) is 10.1 Å². The Morgan fingerprint density at radius 1 is 1.58 bits per heavy atom. The molecule has 0 bridgehead atoms. The number of nitro benzene ring substituents is 1. The van der Waals surface area contributed by atoms with Crippen LogP contribution < -0.4 is 10.5 Å². The van der Waals surface area contributed by atoms with Crippen LogP contribution >= 0.6 is 0 Å². The third-order valence-electron chi connectivity index (χ3n) is 2.55. The summed E-state index contributed by atoms with van der Waals surface area (Å²) < 4.78 is 5.25. The van der Waals surface area contributed by atoms with E-state index in [0.717, 1.165) is 0 Å². The summed E-state index contributed by atoms with van der Waals surface area (Å²) in [5, 5.41) is 19.9. The van der Waals surface area contributed by atoms with Crippen LogP contribution in [0.5, 0.6) is 5.75 Å². The minimum absolute atomic E-state index is 0.0613. The summed E-state index contributed by atoms with van der Waals surface area (Å²) in [5.74, 6) is -1.21. The zero-order valence-electron chi connectivity index (χ0n) is 10.5. The van der Waals surface area contributed by atoms with Crippen LogP contribution in [0.15, 0.2) is 18.2 Å². The van der Waals surface area contributed by atoms with E-state index in [1.165, 1.54) is 18.2 Å². The zero-order chi connectivity index (χ0) is 14.4. The average molecular weight is 268 g/mol. The van der Waals surface area contributed by atoms with Gasteiger partial charge in [-0.15, -0.1) is 0 Å². The van der Waals surface area contributed by atoms with Gasteiger partial charge in [0.05, 0.1) is 4.92 Å². The SMILES string of the molecule is CCCC(Oc1cc(CN)ccc1[N+](=O)[O-])C(=O)O. The fourth-order valence-electron chi connectivity index (χ4n) is 1.58. The fraction of sp³-hybridized carbons (Fsp3) is 0.417. The molecule has 1 unspecified atom stereocenters. The first-order valence-corrected chi connectivity index (χ1v) is 5.86. The van der Waals surface area contributed by atoms with E-state index in [1.807, 2.05) is 6.92 Å². The number of benzene rings is 1. The van der Waals surface area contributed by atoms with E-state index in [4.69, 9.17) is 15.6 Å². The van der Waals surface area contributed by atoms with Gasteiger partial charge in [-0.25, -0.2) is 4.79 Å². The molecule has 1 aromatic rings. The van der Waals surface area contributed by atoms with Crippen molar-refractivity contribution in [3.63, 3.8) is 0 Å².